The van der Waals surface area contributed by atoms with Gasteiger partial charge in [-0.25, -0.2) is 4.79 Å². The number of hydrogen-bond donors (Lipinski definition) is 1. The van der Waals surface area contributed by atoms with Crippen LogP contribution < -0.4 is 11.4 Å². The first-order valence-electron chi connectivity index (χ1n) is 5.03. The third-order valence-electron chi connectivity index (χ3n) is 2.48. The molecule has 0 unspecified atom stereocenters. The Morgan fingerprint density at radius 1 is 1.35 bits per heavy atom. The Morgan fingerprint density at radius 3 is 2.71 bits per heavy atom. The van der Waals surface area contributed by atoms with Gasteiger partial charge < -0.3 is 5.73 Å². The third kappa shape index (κ3) is 2.08. The number of nitrogens with two attached hydrogens (primary N) is 1. The lowest BCUT2D eigenvalue weighted by Gasteiger charge is -2.07. The van der Waals surface area contributed by atoms with Crippen molar-refractivity contribution in [3.8, 4) is 5.69 Å². The molecule has 0 amide bonds. The number of benzene rings is 1. The highest BCUT2D eigenvalue weighted by Gasteiger charge is 2.03. The molecule has 0 radical (unpaired) electrons. The number of aryl methyl sites for hydroxylation is 1. The Balaban J connectivity index is 2.57. The van der Waals surface area contributed by atoms with E-state index in [1.54, 1.807) is 30.5 Å². The van der Waals surface area contributed by atoms with Crippen LogP contribution in [-0.2, 0) is 0 Å². The molecule has 2 aromatic rings. The lowest BCUT2D eigenvalue weighted by atomic mass is 10.1. The van der Waals surface area contributed by atoms with Gasteiger partial charge in [0, 0.05) is 11.8 Å². The predicted molar refractivity (Wildman–Crippen MR) is 64.4 cm³/mol. The van der Waals surface area contributed by atoms with Gasteiger partial charge in [0.2, 0.25) is 0 Å². The third-order valence-corrected chi connectivity index (χ3v) is 2.48. The molecule has 0 saturated heterocycles. The Labute approximate surface area is 97.5 Å². The van der Waals surface area contributed by atoms with E-state index in [2.05, 4.69) is 4.98 Å². The molecule has 17 heavy (non-hydrogen) atoms. The fourth-order valence-corrected chi connectivity index (χ4v) is 1.55. The van der Waals surface area contributed by atoms with Crippen LogP contribution in [0.25, 0.3) is 5.69 Å². The van der Waals surface area contributed by atoms with Crippen molar-refractivity contribution >= 4 is 12.1 Å². The maximum Gasteiger partial charge on any atom is 0.354 e. The lowest BCUT2D eigenvalue weighted by molar-refractivity contribution is 0.112. The molecular formula is C12H11N3O2. The second-order valence-electron chi connectivity index (χ2n) is 3.66. The zero-order valence-electron chi connectivity index (χ0n) is 9.25. The highest BCUT2D eigenvalue weighted by Crippen LogP contribution is 2.12. The van der Waals surface area contributed by atoms with Gasteiger partial charge in [-0.05, 0) is 36.8 Å². The van der Waals surface area contributed by atoms with Gasteiger partial charge in [0.05, 0.1) is 5.69 Å². The Hall–Kier alpha value is -2.43. The number of aromatic nitrogens is 2. The highest BCUT2D eigenvalue weighted by molar-refractivity contribution is 5.77. The topological polar surface area (TPSA) is 78.0 Å². The van der Waals surface area contributed by atoms with Gasteiger partial charge in [0.25, 0.3) is 0 Å². The molecule has 0 aliphatic heterocycles. The fourth-order valence-electron chi connectivity index (χ4n) is 1.55. The van der Waals surface area contributed by atoms with Crippen molar-refractivity contribution in [2.45, 2.75) is 6.92 Å². The summed E-state index contributed by atoms with van der Waals surface area (Å²) in [4.78, 5) is 25.9. The number of nitrogens with zero attached hydrogens (tertiary/aromatic N) is 2. The van der Waals surface area contributed by atoms with E-state index in [1.165, 1.54) is 4.57 Å². The van der Waals surface area contributed by atoms with Crippen molar-refractivity contribution in [1.82, 2.24) is 9.55 Å². The smallest absolute Gasteiger partial charge is 0.354 e. The fraction of sp³-hybridized carbons (Fsp3) is 0.0833. The molecule has 2 rings (SSSR count). The van der Waals surface area contributed by atoms with E-state index in [1.807, 2.05) is 6.92 Å². The minimum absolute atomic E-state index is 0.187. The SMILES string of the molecule is Cc1cc(-n2ccc(N)nc2=O)ccc1C=O. The quantitative estimate of drug-likeness (QED) is 0.777. The molecule has 0 spiro atoms. The number of aldehydes is 1. The summed E-state index contributed by atoms with van der Waals surface area (Å²) in [6.45, 7) is 1.81. The Morgan fingerprint density at radius 2 is 2.12 bits per heavy atom. The summed E-state index contributed by atoms with van der Waals surface area (Å²) in [6.07, 6.45) is 2.34. The van der Waals surface area contributed by atoms with E-state index >= 15 is 0 Å². The molecular weight excluding hydrogens is 218 g/mol. The number of carbonyl (C=O) groups is 1. The van der Waals surface area contributed by atoms with Crippen LogP contribution in [0.2, 0.25) is 0 Å². The van der Waals surface area contributed by atoms with Gasteiger partial charge in [-0.2, -0.15) is 4.98 Å². The van der Waals surface area contributed by atoms with Crippen molar-refractivity contribution in [2.75, 3.05) is 5.73 Å². The monoisotopic (exact) mass is 229 g/mol. The summed E-state index contributed by atoms with van der Waals surface area (Å²) < 4.78 is 1.37. The molecule has 0 saturated carbocycles. The van der Waals surface area contributed by atoms with Crippen molar-refractivity contribution in [2.24, 2.45) is 0 Å². The molecule has 1 aromatic heterocycles. The summed E-state index contributed by atoms with van der Waals surface area (Å²) in [5, 5.41) is 0. The standard InChI is InChI=1S/C12H11N3O2/c1-8-6-10(3-2-9(8)7-16)15-5-4-11(13)14-12(15)17/h2-7H,1H3,(H2,13,14,17). The van der Waals surface area contributed by atoms with Crippen molar-refractivity contribution in [1.29, 1.82) is 0 Å². The van der Waals surface area contributed by atoms with E-state index in [4.69, 9.17) is 5.73 Å². The van der Waals surface area contributed by atoms with E-state index < -0.39 is 5.69 Å². The van der Waals surface area contributed by atoms with E-state index in [9.17, 15) is 9.59 Å². The molecule has 86 valence electrons. The lowest BCUT2D eigenvalue weighted by Crippen LogP contribution is -2.21. The molecule has 5 nitrogen and oxygen atoms in total. The molecule has 0 atom stereocenters. The molecule has 0 aliphatic rings. The zero-order chi connectivity index (χ0) is 12.4. The van der Waals surface area contributed by atoms with Gasteiger partial charge in [0.15, 0.2) is 0 Å². The van der Waals surface area contributed by atoms with E-state index in [-0.39, 0.29) is 5.82 Å². The van der Waals surface area contributed by atoms with E-state index in [0.717, 1.165) is 11.8 Å². The van der Waals surface area contributed by atoms with Crippen molar-refractivity contribution in [3.63, 3.8) is 0 Å². The zero-order valence-corrected chi connectivity index (χ0v) is 9.25. The van der Waals surface area contributed by atoms with Gasteiger partial charge in [-0.3, -0.25) is 9.36 Å². The van der Waals surface area contributed by atoms with Crippen molar-refractivity contribution < 1.29 is 4.79 Å². The summed E-state index contributed by atoms with van der Waals surface area (Å²) >= 11 is 0. The first-order chi connectivity index (χ1) is 8.11. The van der Waals surface area contributed by atoms with Crippen LogP contribution in [0.1, 0.15) is 15.9 Å². The first kappa shape index (κ1) is 11.1. The Bertz CT molecular complexity index is 632. The van der Waals surface area contributed by atoms with E-state index in [0.29, 0.717) is 11.3 Å². The Kier molecular flexibility index (Phi) is 2.74. The molecule has 5 heteroatoms. The van der Waals surface area contributed by atoms with Crippen LogP contribution in [0, 0.1) is 6.92 Å². The molecule has 0 fully saturated rings. The van der Waals surface area contributed by atoms with Gasteiger partial charge in [0.1, 0.15) is 12.1 Å². The van der Waals surface area contributed by atoms with Crippen LogP contribution in [0.4, 0.5) is 5.82 Å². The van der Waals surface area contributed by atoms with Gasteiger partial charge in [-0.1, -0.05) is 0 Å². The molecule has 1 heterocycles. The predicted octanol–water partition coefficient (Wildman–Crippen LogP) is 0.936. The average Bonchev–Trinajstić information content (AvgIpc) is 2.29. The first-order valence-corrected chi connectivity index (χ1v) is 5.03. The number of rotatable bonds is 2. The molecule has 2 N–H and O–H groups in total. The molecule has 0 aliphatic carbocycles. The number of hydrogen-bond acceptors (Lipinski definition) is 4. The minimum atomic E-state index is -0.441. The van der Waals surface area contributed by atoms with Gasteiger partial charge in [-0.15, -0.1) is 0 Å². The summed E-state index contributed by atoms with van der Waals surface area (Å²) in [5.41, 5.74) is 7.04. The van der Waals surface area contributed by atoms with Crippen LogP contribution in [0.5, 0.6) is 0 Å². The van der Waals surface area contributed by atoms with Crippen LogP contribution >= 0.6 is 0 Å². The molecule has 1 aromatic carbocycles. The maximum absolute atomic E-state index is 11.6. The summed E-state index contributed by atoms with van der Waals surface area (Å²) in [5.74, 6) is 0.187. The minimum Gasteiger partial charge on any atom is -0.383 e. The summed E-state index contributed by atoms with van der Waals surface area (Å²) in [7, 11) is 0. The number of carbonyl (C=O) groups excluding carboxylic acids is 1. The second kappa shape index (κ2) is 4.21. The highest BCUT2D eigenvalue weighted by atomic mass is 16.1. The second-order valence-corrected chi connectivity index (χ2v) is 3.66. The average molecular weight is 229 g/mol. The maximum atomic E-state index is 11.6. The molecule has 0 bridgehead atoms. The van der Waals surface area contributed by atoms with Crippen LogP contribution in [0.15, 0.2) is 35.3 Å². The van der Waals surface area contributed by atoms with Crippen molar-refractivity contribution in [3.05, 3.63) is 52.1 Å². The van der Waals surface area contributed by atoms with Crippen LogP contribution in [-0.4, -0.2) is 15.8 Å². The van der Waals surface area contributed by atoms with Gasteiger partial charge >= 0.3 is 5.69 Å². The summed E-state index contributed by atoms with van der Waals surface area (Å²) in [6, 6.07) is 6.66. The number of nitrogen functional groups attached to an aromatic ring is 1. The van der Waals surface area contributed by atoms with Crippen LogP contribution in [0.3, 0.4) is 0 Å². The largest absolute Gasteiger partial charge is 0.383 e. The normalized spacial score (nSPS) is 10.2. The number of anilines is 1.